The van der Waals surface area contributed by atoms with E-state index in [1.807, 2.05) is 25.7 Å². The van der Waals surface area contributed by atoms with Crippen molar-refractivity contribution < 1.29 is 9.53 Å². The van der Waals surface area contributed by atoms with E-state index in [1.165, 1.54) is 11.1 Å². The fourth-order valence-electron chi connectivity index (χ4n) is 3.60. The molecule has 25 heavy (non-hydrogen) atoms. The summed E-state index contributed by atoms with van der Waals surface area (Å²) in [6.45, 7) is 13.9. The zero-order valence-electron chi connectivity index (χ0n) is 16.6. The molecule has 1 amide bonds. The Morgan fingerprint density at radius 3 is 2.60 bits per heavy atom. The predicted molar refractivity (Wildman–Crippen MR) is 103 cm³/mol. The molecule has 4 nitrogen and oxygen atoms in total. The van der Waals surface area contributed by atoms with Gasteiger partial charge < -0.3 is 15.0 Å². The molecule has 1 N–H and O–H groups in total. The van der Waals surface area contributed by atoms with Gasteiger partial charge in [-0.1, -0.05) is 24.3 Å². The number of nitrogens with one attached hydrogen (secondary N) is 1. The van der Waals surface area contributed by atoms with Gasteiger partial charge in [0.15, 0.2) is 0 Å². The largest absolute Gasteiger partial charge is 0.444 e. The minimum absolute atomic E-state index is 0.184. The third kappa shape index (κ3) is 5.74. The molecule has 0 aliphatic carbocycles. The molecule has 1 aromatic carbocycles. The Hall–Kier alpha value is -1.55. The van der Waals surface area contributed by atoms with Gasteiger partial charge in [0.2, 0.25) is 0 Å². The first kappa shape index (κ1) is 19.8. The molecule has 1 aromatic rings. The van der Waals surface area contributed by atoms with Crippen molar-refractivity contribution in [2.75, 3.05) is 13.1 Å². The number of nitrogens with zero attached hydrogens (tertiary/aromatic N) is 1. The van der Waals surface area contributed by atoms with Crippen molar-refractivity contribution in [3.05, 3.63) is 35.4 Å². The van der Waals surface area contributed by atoms with Crippen LogP contribution in [-0.4, -0.2) is 35.7 Å². The Morgan fingerprint density at radius 1 is 1.28 bits per heavy atom. The minimum atomic E-state index is -0.437. The third-order valence-electron chi connectivity index (χ3n) is 4.98. The monoisotopic (exact) mass is 346 g/mol. The number of amides is 1. The standard InChI is InChI=1S/C21H34N2O2/c1-15-10-7-8-12-19(15)17(3)22-16(2)18-11-9-13-23(14-18)20(24)25-21(4,5)6/h7-8,10,12,16-18,22H,9,11,13-14H2,1-6H3/t16?,17-,18?/m0/s1. The molecule has 140 valence electrons. The van der Waals surface area contributed by atoms with Gasteiger partial charge in [0.05, 0.1) is 0 Å². The lowest BCUT2D eigenvalue weighted by Crippen LogP contribution is -2.48. The maximum atomic E-state index is 12.4. The lowest BCUT2D eigenvalue weighted by Gasteiger charge is -2.37. The predicted octanol–water partition coefficient (Wildman–Crippen LogP) is 4.68. The van der Waals surface area contributed by atoms with Crippen LogP contribution >= 0.6 is 0 Å². The van der Waals surface area contributed by atoms with E-state index >= 15 is 0 Å². The summed E-state index contributed by atoms with van der Waals surface area (Å²) >= 11 is 0. The van der Waals surface area contributed by atoms with E-state index in [4.69, 9.17) is 4.74 Å². The summed E-state index contributed by atoms with van der Waals surface area (Å²) < 4.78 is 5.54. The van der Waals surface area contributed by atoms with Crippen LogP contribution in [0.25, 0.3) is 0 Å². The van der Waals surface area contributed by atoms with Crippen LogP contribution in [-0.2, 0) is 4.74 Å². The first-order valence-corrected chi connectivity index (χ1v) is 9.47. The highest BCUT2D eigenvalue weighted by atomic mass is 16.6. The van der Waals surface area contributed by atoms with Crippen molar-refractivity contribution in [2.24, 2.45) is 5.92 Å². The number of hydrogen-bond acceptors (Lipinski definition) is 3. The molecule has 4 heteroatoms. The number of likely N-dealkylation sites (tertiary alicyclic amines) is 1. The van der Waals surface area contributed by atoms with Gasteiger partial charge in [-0.2, -0.15) is 0 Å². The van der Waals surface area contributed by atoms with E-state index in [2.05, 4.69) is 50.4 Å². The number of carbonyl (C=O) groups is 1. The van der Waals surface area contributed by atoms with E-state index < -0.39 is 5.60 Å². The fraction of sp³-hybridized carbons (Fsp3) is 0.667. The van der Waals surface area contributed by atoms with E-state index in [0.29, 0.717) is 18.0 Å². The SMILES string of the molecule is Cc1ccccc1[C@H](C)NC(C)C1CCCN(C(=O)OC(C)(C)C)C1. The lowest BCUT2D eigenvalue weighted by atomic mass is 9.90. The van der Waals surface area contributed by atoms with Gasteiger partial charge in [0, 0.05) is 25.2 Å². The highest BCUT2D eigenvalue weighted by Crippen LogP contribution is 2.24. The van der Waals surface area contributed by atoms with Crippen molar-refractivity contribution in [2.45, 2.75) is 72.1 Å². The van der Waals surface area contributed by atoms with Crippen molar-refractivity contribution in [3.63, 3.8) is 0 Å². The molecule has 0 bridgehead atoms. The summed E-state index contributed by atoms with van der Waals surface area (Å²) in [5, 5.41) is 3.74. The topological polar surface area (TPSA) is 41.6 Å². The molecule has 0 aromatic heterocycles. The summed E-state index contributed by atoms with van der Waals surface area (Å²) in [4.78, 5) is 14.2. The summed E-state index contributed by atoms with van der Waals surface area (Å²) in [5.41, 5.74) is 2.22. The molecule has 1 fully saturated rings. The average molecular weight is 347 g/mol. The number of aryl methyl sites for hydroxylation is 1. The van der Waals surface area contributed by atoms with Crippen molar-refractivity contribution in [3.8, 4) is 0 Å². The number of piperidine rings is 1. The first-order chi connectivity index (χ1) is 11.7. The Balaban J connectivity index is 1.94. The maximum absolute atomic E-state index is 12.4. The molecule has 2 rings (SSSR count). The number of rotatable bonds is 4. The second-order valence-electron chi connectivity index (χ2n) is 8.36. The van der Waals surface area contributed by atoms with Crippen molar-refractivity contribution >= 4 is 6.09 Å². The number of hydrogen-bond donors (Lipinski definition) is 1. The Kier molecular flexibility index (Phi) is 6.50. The van der Waals surface area contributed by atoms with Crippen LogP contribution in [0.2, 0.25) is 0 Å². The van der Waals surface area contributed by atoms with Crippen LogP contribution in [0.3, 0.4) is 0 Å². The number of benzene rings is 1. The molecule has 2 unspecified atom stereocenters. The molecule has 1 aliphatic rings. The van der Waals surface area contributed by atoms with Gasteiger partial charge >= 0.3 is 6.09 Å². The van der Waals surface area contributed by atoms with Crippen molar-refractivity contribution in [1.29, 1.82) is 0 Å². The molecule has 3 atom stereocenters. The van der Waals surface area contributed by atoms with Gasteiger partial charge in [-0.05, 0) is 71.4 Å². The van der Waals surface area contributed by atoms with E-state index in [-0.39, 0.29) is 6.09 Å². The zero-order valence-corrected chi connectivity index (χ0v) is 16.6. The minimum Gasteiger partial charge on any atom is -0.444 e. The van der Waals surface area contributed by atoms with Crippen LogP contribution in [0.5, 0.6) is 0 Å². The zero-order chi connectivity index (χ0) is 18.6. The Morgan fingerprint density at radius 2 is 1.96 bits per heavy atom. The van der Waals surface area contributed by atoms with Crippen LogP contribution in [0, 0.1) is 12.8 Å². The number of carbonyl (C=O) groups excluding carboxylic acids is 1. The van der Waals surface area contributed by atoms with Crippen LogP contribution in [0.1, 0.15) is 64.6 Å². The van der Waals surface area contributed by atoms with Gasteiger partial charge in [-0.3, -0.25) is 0 Å². The summed E-state index contributed by atoms with van der Waals surface area (Å²) in [6, 6.07) is 9.16. The number of ether oxygens (including phenoxy) is 1. The molecule has 1 saturated heterocycles. The average Bonchev–Trinajstić information content (AvgIpc) is 2.53. The van der Waals surface area contributed by atoms with Crippen LogP contribution < -0.4 is 5.32 Å². The van der Waals surface area contributed by atoms with Gasteiger partial charge in [-0.25, -0.2) is 4.79 Å². The third-order valence-corrected chi connectivity index (χ3v) is 4.98. The quantitative estimate of drug-likeness (QED) is 0.860. The van der Waals surface area contributed by atoms with E-state index in [9.17, 15) is 4.79 Å². The smallest absolute Gasteiger partial charge is 0.410 e. The van der Waals surface area contributed by atoms with E-state index in [0.717, 1.165) is 25.9 Å². The fourth-order valence-corrected chi connectivity index (χ4v) is 3.60. The van der Waals surface area contributed by atoms with E-state index in [1.54, 1.807) is 0 Å². The van der Waals surface area contributed by atoms with Gasteiger partial charge in [0.1, 0.15) is 5.60 Å². The first-order valence-electron chi connectivity index (χ1n) is 9.47. The van der Waals surface area contributed by atoms with Gasteiger partial charge in [0.25, 0.3) is 0 Å². The summed E-state index contributed by atoms with van der Waals surface area (Å²) in [7, 11) is 0. The lowest BCUT2D eigenvalue weighted by molar-refractivity contribution is 0.0146. The van der Waals surface area contributed by atoms with Crippen LogP contribution in [0.4, 0.5) is 4.79 Å². The molecule has 0 radical (unpaired) electrons. The molecule has 0 saturated carbocycles. The summed E-state index contributed by atoms with van der Waals surface area (Å²) in [5.74, 6) is 0.452. The second kappa shape index (κ2) is 8.22. The highest BCUT2D eigenvalue weighted by molar-refractivity contribution is 5.68. The van der Waals surface area contributed by atoms with Crippen LogP contribution in [0.15, 0.2) is 24.3 Å². The maximum Gasteiger partial charge on any atom is 0.410 e. The highest BCUT2D eigenvalue weighted by Gasteiger charge is 2.30. The normalized spacial score (nSPS) is 20.9. The molecule has 1 heterocycles. The van der Waals surface area contributed by atoms with Crippen molar-refractivity contribution in [1.82, 2.24) is 10.2 Å². The molecular formula is C21H34N2O2. The Bertz CT molecular complexity index is 580. The molecular weight excluding hydrogens is 312 g/mol. The second-order valence-corrected chi connectivity index (χ2v) is 8.36. The Labute approximate surface area is 152 Å². The molecule has 1 aliphatic heterocycles. The summed E-state index contributed by atoms with van der Waals surface area (Å²) in [6.07, 6.45) is 2.00. The van der Waals surface area contributed by atoms with Gasteiger partial charge in [-0.15, -0.1) is 0 Å². The molecule has 0 spiro atoms.